The Kier molecular flexibility index (Phi) is 52.4. The smallest absolute Gasteiger partial charge is 1.00 e. The van der Waals surface area contributed by atoms with Crippen molar-refractivity contribution >= 4 is 45.1 Å². The van der Waals surface area contributed by atoms with Gasteiger partial charge in [0.25, 0.3) is 0 Å². The van der Waals surface area contributed by atoms with Gasteiger partial charge in [-0.15, -0.1) is 0 Å². The maximum absolute atomic E-state index is 7.17. The molecule has 0 aliphatic heterocycles. The Hall–Kier alpha value is 3.72. The van der Waals surface area contributed by atoms with E-state index in [0.29, 0.717) is 0 Å². The van der Waals surface area contributed by atoms with Gasteiger partial charge in [-0.2, -0.15) is 0 Å². The van der Waals surface area contributed by atoms with Crippen LogP contribution < -0.4 is 0 Å². The first-order valence-electron chi connectivity index (χ1n) is 0.775. The van der Waals surface area contributed by atoms with Crippen LogP contribution in [-0.4, -0.2) is 60.1 Å². The topological polar surface area (TPSA) is 60.7 Å². The van der Waals surface area contributed by atoms with Crippen LogP contribution in [0.2, 0.25) is 0 Å². The third kappa shape index (κ3) is 41.8. The molecule has 0 heterocycles. The molecule has 3 nitrogen and oxygen atoms in total. The minimum absolute atomic E-state index is 0. The second-order valence-corrected chi connectivity index (χ2v) is 0.346. The first-order chi connectivity index (χ1) is 1.73. The average molecular weight is 400 g/mol. The zero-order chi connectivity index (χ0) is 3.58. The summed E-state index contributed by atoms with van der Waals surface area (Å²) in [4.78, 5) is 0. The van der Waals surface area contributed by atoms with Crippen LogP contribution in [0.3, 0.4) is 0 Å². The van der Waals surface area contributed by atoms with Crippen LogP contribution in [0.4, 0.5) is 0 Å². The molecular weight excluding hydrogens is 395 g/mol. The first kappa shape index (κ1) is 22.4. The molecule has 0 aromatic carbocycles. The third-order valence-electron chi connectivity index (χ3n) is 0. The molecular formula is H5BCaGdLaO3. The Bertz CT molecular complexity index is 26.5. The summed E-state index contributed by atoms with van der Waals surface area (Å²) in [5, 5.41) is 21.5. The van der Waals surface area contributed by atoms with Crippen LogP contribution in [-0.2, 0) is 0 Å². The molecule has 0 aliphatic carbocycles. The standard InChI is InChI=1S/BH3O3.Ca.Gd.La.2H/c2-1(3)4;;;;;/h2-4H;;;;;/q;+2;;;2*-1. The van der Waals surface area contributed by atoms with Crippen molar-refractivity contribution < 1.29 is 93.5 Å². The molecule has 39 valence electrons. The van der Waals surface area contributed by atoms with Gasteiger partial charge in [-0.25, -0.2) is 0 Å². The summed E-state index contributed by atoms with van der Waals surface area (Å²) in [7, 11) is -2.17. The van der Waals surface area contributed by atoms with Crippen molar-refractivity contribution in [2.45, 2.75) is 0 Å². The monoisotopic (exact) mass is 401 g/mol. The SMILES string of the molecule is OB(O)O.[Ca+2].[Gd].[H-].[H-].[La]. The van der Waals surface area contributed by atoms with Crippen molar-refractivity contribution in [3.8, 4) is 0 Å². The van der Waals surface area contributed by atoms with E-state index in [1.807, 2.05) is 0 Å². The molecule has 0 saturated heterocycles. The third-order valence-corrected chi connectivity index (χ3v) is 0. The van der Waals surface area contributed by atoms with E-state index in [0.717, 1.165) is 0 Å². The van der Waals surface area contributed by atoms with Crippen molar-refractivity contribution in [1.29, 1.82) is 0 Å². The molecule has 0 aromatic heterocycles. The van der Waals surface area contributed by atoms with E-state index < -0.39 is 7.32 Å². The quantitative estimate of drug-likeness (QED) is 0.405. The fourth-order valence-electron chi connectivity index (χ4n) is 0. The summed E-state index contributed by atoms with van der Waals surface area (Å²) in [6, 6.07) is 0. The van der Waals surface area contributed by atoms with Crippen LogP contribution in [0, 0.1) is 75.5 Å². The zero-order valence-electron chi connectivity index (χ0n) is 5.56. The van der Waals surface area contributed by atoms with E-state index in [2.05, 4.69) is 0 Å². The van der Waals surface area contributed by atoms with Gasteiger partial charge in [-0.3, -0.25) is 0 Å². The second kappa shape index (κ2) is 16.4. The molecule has 0 fully saturated rings. The van der Waals surface area contributed by atoms with E-state index >= 15 is 0 Å². The van der Waals surface area contributed by atoms with Gasteiger partial charge < -0.3 is 17.9 Å². The van der Waals surface area contributed by atoms with Crippen LogP contribution in [0.25, 0.3) is 0 Å². The van der Waals surface area contributed by atoms with Crippen molar-refractivity contribution in [3.05, 3.63) is 0 Å². The van der Waals surface area contributed by atoms with Gasteiger partial charge >= 0.3 is 45.1 Å². The minimum atomic E-state index is -2.17. The molecule has 0 aromatic rings. The Balaban J connectivity index is -0.00000000450. The summed E-state index contributed by atoms with van der Waals surface area (Å²) in [5.41, 5.74) is 0. The van der Waals surface area contributed by atoms with E-state index in [-0.39, 0.29) is 116 Å². The summed E-state index contributed by atoms with van der Waals surface area (Å²) in [6.07, 6.45) is 0. The molecule has 7 heavy (non-hydrogen) atoms. The van der Waals surface area contributed by atoms with Gasteiger partial charge in [0.2, 0.25) is 0 Å². The Morgan fingerprint density at radius 1 is 1.14 bits per heavy atom. The Morgan fingerprint density at radius 3 is 1.14 bits per heavy atom. The van der Waals surface area contributed by atoms with Crippen molar-refractivity contribution in [2.75, 3.05) is 0 Å². The Morgan fingerprint density at radius 2 is 1.14 bits per heavy atom. The zero-order valence-corrected chi connectivity index (χ0v) is 11.7. The second-order valence-electron chi connectivity index (χ2n) is 0.346. The van der Waals surface area contributed by atoms with Crippen molar-refractivity contribution in [1.82, 2.24) is 0 Å². The van der Waals surface area contributed by atoms with Crippen LogP contribution in [0.1, 0.15) is 2.85 Å². The fraction of sp³-hybridized carbons (Fsp3) is 0. The number of hydrogen-bond donors (Lipinski definition) is 3. The molecule has 0 unspecified atom stereocenters. The van der Waals surface area contributed by atoms with Crippen LogP contribution >= 0.6 is 0 Å². The van der Waals surface area contributed by atoms with Gasteiger partial charge in [0.1, 0.15) is 0 Å². The average Bonchev–Trinajstić information content (AvgIpc) is 0.811. The maximum Gasteiger partial charge on any atom is 2.00 e. The molecule has 0 amide bonds. The largest absolute Gasteiger partial charge is 2.00 e. The van der Waals surface area contributed by atoms with E-state index in [4.69, 9.17) is 15.1 Å². The van der Waals surface area contributed by atoms with Gasteiger partial charge in [0.15, 0.2) is 0 Å². The predicted octanol–water partition coefficient (Wildman–Crippen LogP) is -2.21. The van der Waals surface area contributed by atoms with Gasteiger partial charge in [0, 0.05) is 75.5 Å². The number of hydrogen-bond acceptors (Lipinski definition) is 3. The summed E-state index contributed by atoms with van der Waals surface area (Å²) < 4.78 is 0. The number of rotatable bonds is 0. The molecule has 1 radical (unpaired) electrons. The Labute approximate surface area is 135 Å². The minimum Gasteiger partial charge on any atom is -1.00 e. The van der Waals surface area contributed by atoms with Gasteiger partial charge in [0.05, 0.1) is 0 Å². The van der Waals surface area contributed by atoms with E-state index in [1.165, 1.54) is 0 Å². The molecule has 0 bridgehead atoms. The molecule has 0 rings (SSSR count). The summed E-state index contributed by atoms with van der Waals surface area (Å²) >= 11 is 0. The molecule has 0 saturated carbocycles. The fourth-order valence-corrected chi connectivity index (χ4v) is 0. The van der Waals surface area contributed by atoms with Crippen LogP contribution in [0.5, 0.6) is 0 Å². The van der Waals surface area contributed by atoms with Crippen molar-refractivity contribution in [3.63, 3.8) is 0 Å². The molecule has 0 spiro atoms. The molecule has 0 aliphatic rings. The first-order valence-corrected chi connectivity index (χ1v) is 0.775. The normalized spacial score (nSPS) is 3.86. The maximum atomic E-state index is 7.17. The van der Waals surface area contributed by atoms with E-state index in [9.17, 15) is 0 Å². The van der Waals surface area contributed by atoms with E-state index in [1.54, 1.807) is 0 Å². The van der Waals surface area contributed by atoms with Gasteiger partial charge in [-0.1, -0.05) is 0 Å². The van der Waals surface area contributed by atoms with Crippen LogP contribution in [0.15, 0.2) is 0 Å². The molecule has 0 atom stereocenters. The molecule has 7 heteroatoms. The van der Waals surface area contributed by atoms with Crippen molar-refractivity contribution in [2.24, 2.45) is 0 Å². The summed E-state index contributed by atoms with van der Waals surface area (Å²) in [5.74, 6) is 0. The molecule has 3 N–H and O–H groups in total. The van der Waals surface area contributed by atoms with Gasteiger partial charge in [-0.05, 0) is 0 Å². The summed E-state index contributed by atoms with van der Waals surface area (Å²) in [6.45, 7) is 0. The predicted molar refractivity (Wildman–Crippen MR) is 20.4 cm³/mol.